The van der Waals surface area contributed by atoms with E-state index in [2.05, 4.69) is 16.7 Å². The second kappa shape index (κ2) is 7.15. The van der Waals surface area contributed by atoms with Crippen molar-refractivity contribution in [3.05, 3.63) is 58.9 Å². The number of urea groups is 1. The summed E-state index contributed by atoms with van der Waals surface area (Å²) in [5.41, 5.74) is 3.68. The van der Waals surface area contributed by atoms with Gasteiger partial charge in [0.2, 0.25) is 0 Å². The van der Waals surface area contributed by atoms with E-state index in [0.717, 1.165) is 29.3 Å². The summed E-state index contributed by atoms with van der Waals surface area (Å²) in [5, 5.41) is 0. The Morgan fingerprint density at radius 2 is 1.81 bits per heavy atom. The zero-order valence-electron chi connectivity index (χ0n) is 15.4. The quantitative estimate of drug-likeness (QED) is 0.592. The molecule has 1 aliphatic rings. The highest BCUT2D eigenvalue weighted by Gasteiger charge is 2.35. The van der Waals surface area contributed by atoms with E-state index in [4.69, 9.17) is 0 Å². The Kier molecular flexibility index (Phi) is 4.93. The minimum Gasteiger partial charge on any atom is -0.348 e. The van der Waals surface area contributed by atoms with Crippen molar-refractivity contribution < 1.29 is 14.4 Å². The summed E-state index contributed by atoms with van der Waals surface area (Å²) in [4.78, 5) is 38.9. The average Bonchev–Trinajstić information content (AvgIpc) is 3.04. The number of imide groups is 1. The molecule has 0 unspecified atom stereocenters. The van der Waals surface area contributed by atoms with Crippen molar-refractivity contribution in [2.24, 2.45) is 0 Å². The first kappa shape index (κ1) is 17.9. The van der Waals surface area contributed by atoms with Crippen molar-refractivity contribution in [2.75, 3.05) is 20.1 Å². The molecule has 6 heteroatoms. The molecule has 136 valence electrons. The molecule has 2 aromatic rings. The summed E-state index contributed by atoms with van der Waals surface area (Å²) in [6.45, 7) is 4.48. The fraction of sp³-hybridized carbons (Fsp3) is 0.350. The average molecular weight is 353 g/mol. The van der Waals surface area contributed by atoms with Crippen molar-refractivity contribution in [1.82, 2.24) is 14.4 Å². The smallest absolute Gasteiger partial charge is 0.327 e. The molecule has 0 radical (unpaired) electrons. The molecule has 3 rings (SSSR count). The van der Waals surface area contributed by atoms with Crippen LogP contribution in [0, 0.1) is 13.8 Å². The first-order valence-electron chi connectivity index (χ1n) is 8.67. The van der Waals surface area contributed by atoms with Crippen LogP contribution in [0.2, 0.25) is 0 Å². The van der Waals surface area contributed by atoms with Crippen LogP contribution in [-0.4, -0.2) is 52.2 Å². The van der Waals surface area contributed by atoms with E-state index in [0.29, 0.717) is 5.56 Å². The number of hydrogen-bond donors (Lipinski definition) is 0. The Morgan fingerprint density at radius 3 is 2.42 bits per heavy atom. The van der Waals surface area contributed by atoms with Gasteiger partial charge < -0.3 is 9.47 Å². The van der Waals surface area contributed by atoms with Crippen LogP contribution in [0.1, 0.15) is 27.3 Å². The number of ketones is 1. The monoisotopic (exact) mass is 353 g/mol. The van der Waals surface area contributed by atoms with Gasteiger partial charge in [0.1, 0.15) is 6.54 Å². The van der Waals surface area contributed by atoms with Crippen LogP contribution < -0.4 is 0 Å². The van der Waals surface area contributed by atoms with Gasteiger partial charge in [0.15, 0.2) is 5.78 Å². The number of carbonyl (C=O) groups excluding carboxylic acids is 3. The van der Waals surface area contributed by atoms with E-state index in [1.54, 1.807) is 7.05 Å². The van der Waals surface area contributed by atoms with Crippen molar-refractivity contribution in [1.29, 1.82) is 0 Å². The molecule has 1 aromatic heterocycles. The molecule has 1 saturated heterocycles. The van der Waals surface area contributed by atoms with Crippen molar-refractivity contribution in [2.45, 2.75) is 26.8 Å². The fourth-order valence-corrected chi connectivity index (χ4v) is 3.37. The Hall–Kier alpha value is -2.89. The van der Waals surface area contributed by atoms with Crippen LogP contribution in [0.5, 0.6) is 0 Å². The number of Topliss-reactive ketones (excluding diaryl/α,β-unsaturated/α-hetero) is 1. The zero-order valence-corrected chi connectivity index (χ0v) is 15.4. The molecule has 1 aliphatic heterocycles. The fourth-order valence-electron chi connectivity index (χ4n) is 3.37. The Bertz CT molecular complexity index is 855. The van der Waals surface area contributed by atoms with Crippen LogP contribution in [0.3, 0.4) is 0 Å². The molecule has 0 atom stereocenters. The molecule has 0 aliphatic carbocycles. The number of nitrogens with zero attached hydrogens (tertiary/aromatic N) is 3. The van der Waals surface area contributed by atoms with Gasteiger partial charge in [-0.3, -0.25) is 14.5 Å². The Morgan fingerprint density at radius 1 is 1.12 bits per heavy atom. The summed E-state index contributed by atoms with van der Waals surface area (Å²) < 4.78 is 2.11. The van der Waals surface area contributed by atoms with E-state index < -0.39 is 6.03 Å². The SMILES string of the molecule is Cc1cc(C(=O)CN2C(=O)CN(C)C2=O)c(C)n1CCc1ccccc1. The molecule has 0 N–H and O–H groups in total. The lowest BCUT2D eigenvalue weighted by atomic mass is 10.1. The number of benzene rings is 1. The van der Waals surface area contributed by atoms with E-state index in [-0.39, 0.29) is 24.8 Å². The topological polar surface area (TPSA) is 62.6 Å². The highest BCUT2D eigenvalue weighted by molar-refractivity contribution is 6.08. The third kappa shape index (κ3) is 3.40. The summed E-state index contributed by atoms with van der Waals surface area (Å²) >= 11 is 0. The number of rotatable bonds is 6. The Labute approximate surface area is 153 Å². The second-order valence-corrected chi connectivity index (χ2v) is 6.71. The molecule has 2 heterocycles. The number of carbonyl (C=O) groups is 3. The lowest BCUT2D eigenvalue weighted by Crippen LogP contribution is -2.36. The number of aryl methyl sites for hydroxylation is 2. The summed E-state index contributed by atoms with van der Waals surface area (Å²) in [6.07, 6.45) is 0.874. The lowest BCUT2D eigenvalue weighted by molar-refractivity contribution is -0.125. The van der Waals surface area contributed by atoms with E-state index in [1.807, 2.05) is 38.1 Å². The van der Waals surface area contributed by atoms with Crippen molar-refractivity contribution in [3.63, 3.8) is 0 Å². The Balaban J connectivity index is 1.73. The van der Waals surface area contributed by atoms with Crippen LogP contribution in [0.25, 0.3) is 0 Å². The van der Waals surface area contributed by atoms with Crippen LogP contribution in [-0.2, 0) is 17.8 Å². The third-order valence-electron chi connectivity index (χ3n) is 4.87. The normalized spacial score (nSPS) is 14.4. The van der Waals surface area contributed by atoms with E-state index in [9.17, 15) is 14.4 Å². The molecule has 0 bridgehead atoms. The van der Waals surface area contributed by atoms with Gasteiger partial charge >= 0.3 is 6.03 Å². The predicted molar refractivity (Wildman–Crippen MR) is 98.1 cm³/mol. The molecular formula is C20H23N3O3. The maximum Gasteiger partial charge on any atom is 0.327 e. The van der Waals surface area contributed by atoms with Gasteiger partial charge in [-0.15, -0.1) is 0 Å². The van der Waals surface area contributed by atoms with E-state index in [1.165, 1.54) is 10.5 Å². The predicted octanol–water partition coefficient (Wildman–Crippen LogP) is 2.42. The number of amides is 3. The first-order chi connectivity index (χ1) is 12.4. The molecule has 0 saturated carbocycles. The number of aromatic nitrogens is 1. The van der Waals surface area contributed by atoms with Crippen molar-refractivity contribution >= 4 is 17.7 Å². The maximum atomic E-state index is 12.7. The number of likely N-dealkylation sites (N-methyl/N-ethyl adjacent to an activating group) is 1. The molecule has 1 fully saturated rings. The van der Waals surface area contributed by atoms with Gasteiger partial charge in [-0.1, -0.05) is 30.3 Å². The highest BCUT2D eigenvalue weighted by Crippen LogP contribution is 2.18. The van der Waals surface area contributed by atoms with Gasteiger partial charge in [-0.2, -0.15) is 0 Å². The zero-order chi connectivity index (χ0) is 18.8. The van der Waals surface area contributed by atoms with Crippen LogP contribution in [0.15, 0.2) is 36.4 Å². The standard InChI is InChI=1S/C20H23N3O3/c1-14-11-17(18(24)12-23-19(25)13-21(3)20(23)26)15(2)22(14)10-9-16-7-5-4-6-8-16/h4-8,11H,9-10,12-13H2,1-3H3. The molecule has 26 heavy (non-hydrogen) atoms. The molecule has 1 aromatic carbocycles. The van der Waals surface area contributed by atoms with Gasteiger partial charge in [0, 0.05) is 30.5 Å². The lowest BCUT2D eigenvalue weighted by Gasteiger charge is -2.13. The van der Waals surface area contributed by atoms with E-state index >= 15 is 0 Å². The maximum absolute atomic E-state index is 12.7. The summed E-state index contributed by atoms with van der Waals surface area (Å²) in [5.74, 6) is -0.537. The van der Waals surface area contributed by atoms with Gasteiger partial charge in [-0.25, -0.2) is 4.79 Å². The van der Waals surface area contributed by atoms with Gasteiger partial charge in [0.25, 0.3) is 5.91 Å². The molecular weight excluding hydrogens is 330 g/mol. The minimum absolute atomic E-state index is 0.0300. The molecule has 0 spiro atoms. The summed E-state index contributed by atoms with van der Waals surface area (Å²) in [6, 6.07) is 11.6. The number of hydrogen-bond acceptors (Lipinski definition) is 3. The third-order valence-corrected chi connectivity index (χ3v) is 4.87. The summed E-state index contributed by atoms with van der Waals surface area (Å²) in [7, 11) is 1.56. The first-order valence-corrected chi connectivity index (χ1v) is 8.67. The van der Waals surface area contributed by atoms with Crippen molar-refractivity contribution in [3.8, 4) is 0 Å². The highest BCUT2D eigenvalue weighted by atomic mass is 16.2. The molecule has 3 amide bonds. The van der Waals surface area contributed by atoms with Crippen LogP contribution in [0.4, 0.5) is 4.79 Å². The van der Waals surface area contributed by atoms with Gasteiger partial charge in [0.05, 0.1) is 6.54 Å². The molecule has 6 nitrogen and oxygen atoms in total. The van der Waals surface area contributed by atoms with Crippen LogP contribution >= 0.6 is 0 Å². The van der Waals surface area contributed by atoms with Gasteiger partial charge in [-0.05, 0) is 31.9 Å². The second-order valence-electron chi connectivity index (χ2n) is 6.71. The minimum atomic E-state index is -0.416. The largest absolute Gasteiger partial charge is 0.348 e.